The van der Waals surface area contributed by atoms with E-state index in [9.17, 15) is 0 Å². The Morgan fingerprint density at radius 1 is 1.71 bits per heavy atom. The minimum atomic E-state index is 0.0827. The predicted octanol–water partition coefficient (Wildman–Crippen LogP) is 1.95. The second-order valence-electron chi connectivity index (χ2n) is 5.15. The zero-order valence-electron chi connectivity index (χ0n) is 9.20. The molecule has 14 heavy (non-hydrogen) atoms. The van der Waals surface area contributed by atoms with Gasteiger partial charge in [-0.25, -0.2) is 4.98 Å². The van der Waals surface area contributed by atoms with Crippen LogP contribution in [0.3, 0.4) is 0 Å². The number of rotatable bonds is 3. The third-order valence-corrected chi connectivity index (χ3v) is 3.35. The molecule has 0 bridgehead atoms. The maximum atomic E-state index is 5.86. The van der Waals surface area contributed by atoms with Crippen molar-refractivity contribution in [1.82, 2.24) is 9.55 Å². The minimum absolute atomic E-state index is 0.0827. The van der Waals surface area contributed by atoms with E-state index in [1.807, 2.05) is 19.4 Å². The molecule has 78 valence electrons. The molecule has 2 rings (SSSR count). The first-order valence-corrected chi connectivity index (χ1v) is 5.26. The quantitative estimate of drug-likeness (QED) is 0.797. The van der Waals surface area contributed by atoms with Crippen LogP contribution < -0.4 is 5.73 Å². The van der Waals surface area contributed by atoms with Crippen molar-refractivity contribution in [3.63, 3.8) is 0 Å². The Kier molecular flexibility index (Phi) is 2.14. The van der Waals surface area contributed by atoms with Crippen molar-refractivity contribution in [2.24, 2.45) is 17.1 Å². The van der Waals surface area contributed by atoms with E-state index in [0.717, 1.165) is 18.2 Å². The van der Waals surface area contributed by atoms with E-state index in [2.05, 4.69) is 23.4 Å². The maximum absolute atomic E-state index is 5.86. The molecular formula is C11H19N3. The van der Waals surface area contributed by atoms with Gasteiger partial charge in [-0.05, 0) is 24.7 Å². The van der Waals surface area contributed by atoms with E-state index in [1.165, 1.54) is 6.42 Å². The zero-order chi connectivity index (χ0) is 10.3. The summed E-state index contributed by atoms with van der Waals surface area (Å²) >= 11 is 0. The highest BCUT2D eigenvalue weighted by molar-refractivity contribution is 5.05. The highest BCUT2D eigenvalue weighted by Gasteiger charge is 2.45. The smallest absolute Gasteiger partial charge is 0.0948 e. The highest BCUT2D eigenvalue weighted by atomic mass is 15.1. The summed E-state index contributed by atoms with van der Waals surface area (Å²) in [5.74, 6) is 0.800. The molecule has 1 aliphatic carbocycles. The lowest BCUT2D eigenvalue weighted by Crippen LogP contribution is -2.13. The van der Waals surface area contributed by atoms with Gasteiger partial charge in [0.2, 0.25) is 0 Å². The molecular weight excluding hydrogens is 174 g/mol. The third-order valence-electron chi connectivity index (χ3n) is 3.35. The molecule has 1 saturated carbocycles. The van der Waals surface area contributed by atoms with Gasteiger partial charge in [0.15, 0.2) is 0 Å². The van der Waals surface area contributed by atoms with Crippen LogP contribution in [-0.2, 0) is 6.54 Å². The zero-order valence-corrected chi connectivity index (χ0v) is 9.20. The van der Waals surface area contributed by atoms with Crippen LogP contribution in [0.1, 0.15) is 38.9 Å². The van der Waals surface area contributed by atoms with Gasteiger partial charge < -0.3 is 10.3 Å². The van der Waals surface area contributed by atoms with Gasteiger partial charge in [-0.15, -0.1) is 0 Å². The van der Waals surface area contributed by atoms with Crippen molar-refractivity contribution >= 4 is 0 Å². The first kappa shape index (κ1) is 9.71. The number of aromatic nitrogens is 2. The second kappa shape index (κ2) is 3.09. The molecule has 0 saturated heterocycles. The summed E-state index contributed by atoms with van der Waals surface area (Å²) < 4.78 is 2.20. The molecule has 3 nitrogen and oxygen atoms in total. The Labute approximate surface area is 85.3 Å². The topological polar surface area (TPSA) is 43.8 Å². The fourth-order valence-corrected chi connectivity index (χ4v) is 1.99. The lowest BCUT2D eigenvalue weighted by atomic mass is 10.1. The minimum Gasteiger partial charge on any atom is -0.333 e. The number of hydrogen-bond acceptors (Lipinski definition) is 2. The van der Waals surface area contributed by atoms with Crippen LogP contribution in [0, 0.1) is 11.3 Å². The third kappa shape index (κ3) is 1.69. The van der Waals surface area contributed by atoms with Crippen molar-refractivity contribution in [2.45, 2.75) is 39.8 Å². The van der Waals surface area contributed by atoms with E-state index in [0.29, 0.717) is 5.41 Å². The van der Waals surface area contributed by atoms with Crippen LogP contribution in [0.2, 0.25) is 0 Å². The maximum Gasteiger partial charge on any atom is 0.0948 e. The Morgan fingerprint density at radius 2 is 2.36 bits per heavy atom. The van der Waals surface area contributed by atoms with Crippen LogP contribution in [-0.4, -0.2) is 9.55 Å². The average Bonchev–Trinajstić information content (AvgIpc) is 2.52. The molecule has 1 aliphatic rings. The second-order valence-corrected chi connectivity index (χ2v) is 5.15. The van der Waals surface area contributed by atoms with Crippen molar-refractivity contribution < 1.29 is 0 Å². The monoisotopic (exact) mass is 193 g/mol. The molecule has 3 heteroatoms. The van der Waals surface area contributed by atoms with Crippen LogP contribution in [0.4, 0.5) is 0 Å². The molecule has 1 heterocycles. The molecule has 0 aliphatic heterocycles. The largest absolute Gasteiger partial charge is 0.333 e. The summed E-state index contributed by atoms with van der Waals surface area (Å²) in [5.41, 5.74) is 7.54. The molecule has 0 radical (unpaired) electrons. The van der Waals surface area contributed by atoms with Crippen LogP contribution in [0.5, 0.6) is 0 Å². The SMILES string of the molecule is C[C@H](N)c1cncn1CC1CC1(C)C. The molecule has 0 spiro atoms. The number of hydrogen-bond donors (Lipinski definition) is 1. The fraction of sp³-hybridized carbons (Fsp3) is 0.727. The van der Waals surface area contributed by atoms with E-state index < -0.39 is 0 Å². The Balaban J connectivity index is 2.07. The molecule has 0 amide bonds. The molecule has 1 fully saturated rings. The van der Waals surface area contributed by atoms with Gasteiger partial charge in [-0.2, -0.15) is 0 Å². The lowest BCUT2D eigenvalue weighted by Gasteiger charge is -2.11. The van der Waals surface area contributed by atoms with Crippen molar-refractivity contribution in [3.05, 3.63) is 18.2 Å². The Bertz CT molecular complexity index is 325. The van der Waals surface area contributed by atoms with Crippen molar-refractivity contribution in [3.8, 4) is 0 Å². The van der Waals surface area contributed by atoms with Gasteiger partial charge in [0.25, 0.3) is 0 Å². The molecule has 1 aromatic rings. The van der Waals surface area contributed by atoms with Crippen LogP contribution in [0.25, 0.3) is 0 Å². The number of imidazole rings is 1. The highest BCUT2D eigenvalue weighted by Crippen LogP contribution is 2.52. The van der Waals surface area contributed by atoms with E-state index >= 15 is 0 Å². The van der Waals surface area contributed by atoms with Gasteiger partial charge in [0.05, 0.1) is 12.0 Å². The summed E-state index contributed by atoms with van der Waals surface area (Å²) in [6.45, 7) is 7.72. The molecule has 1 aromatic heterocycles. The van der Waals surface area contributed by atoms with Crippen molar-refractivity contribution in [1.29, 1.82) is 0 Å². The Morgan fingerprint density at radius 3 is 2.86 bits per heavy atom. The summed E-state index contributed by atoms with van der Waals surface area (Å²) in [5, 5.41) is 0. The van der Waals surface area contributed by atoms with Gasteiger partial charge in [0.1, 0.15) is 0 Å². The average molecular weight is 193 g/mol. The van der Waals surface area contributed by atoms with E-state index in [1.54, 1.807) is 0 Å². The lowest BCUT2D eigenvalue weighted by molar-refractivity contribution is 0.484. The molecule has 0 aromatic carbocycles. The molecule has 1 unspecified atom stereocenters. The standard InChI is InChI=1S/C11H19N3/c1-8(12)10-5-13-7-14(10)6-9-4-11(9,2)3/h5,7-9H,4,6,12H2,1-3H3/t8-,9?/m0/s1. The Hall–Kier alpha value is -0.830. The fourth-order valence-electron chi connectivity index (χ4n) is 1.99. The summed E-state index contributed by atoms with van der Waals surface area (Å²) in [4.78, 5) is 4.15. The van der Waals surface area contributed by atoms with Gasteiger partial charge in [0, 0.05) is 18.8 Å². The molecule has 2 atom stereocenters. The van der Waals surface area contributed by atoms with Crippen LogP contribution >= 0.6 is 0 Å². The van der Waals surface area contributed by atoms with E-state index in [4.69, 9.17) is 5.73 Å². The van der Waals surface area contributed by atoms with E-state index in [-0.39, 0.29) is 6.04 Å². The molecule has 2 N–H and O–H groups in total. The van der Waals surface area contributed by atoms with Crippen molar-refractivity contribution in [2.75, 3.05) is 0 Å². The predicted molar refractivity (Wildman–Crippen MR) is 56.7 cm³/mol. The number of nitrogens with two attached hydrogens (primary N) is 1. The summed E-state index contributed by atoms with van der Waals surface area (Å²) in [6, 6.07) is 0.0827. The van der Waals surface area contributed by atoms with Gasteiger partial charge in [-0.1, -0.05) is 13.8 Å². The van der Waals surface area contributed by atoms with Crippen LogP contribution in [0.15, 0.2) is 12.5 Å². The normalized spacial score (nSPS) is 26.1. The first-order valence-electron chi connectivity index (χ1n) is 5.26. The summed E-state index contributed by atoms with van der Waals surface area (Å²) in [7, 11) is 0. The van der Waals surface area contributed by atoms with Gasteiger partial charge >= 0.3 is 0 Å². The number of nitrogens with zero attached hydrogens (tertiary/aromatic N) is 2. The first-order chi connectivity index (χ1) is 6.50. The van der Waals surface area contributed by atoms with Gasteiger partial charge in [-0.3, -0.25) is 0 Å². The summed E-state index contributed by atoms with van der Waals surface area (Å²) in [6.07, 6.45) is 5.09.